The maximum absolute atomic E-state index is 12.5. The Bertz CT molecular complexity index is 817. The van der Waals surface area contributed by atoms with Crippen LogP contribution in [0, 0.1) is 0 Å². The number of aldehydes is 1. The second-order valence-corrected chi connectivity index (χ2v) is 8.07. The van der Waals surface area contributed by atoms with Crippen LogP contribution < -0.4 is 4.74 Å². The first-order chi connectivity index (χ1) is 10.9. The molecule has 2 aromatic rings. The van der Waals surface area contributed by atoms with Gasteiger partial charge in [0.2, 0.25) is 10.0 Å². The van der Waals surface area contributed by atoms with Crippen molar-refractivity contribution >= 4 is 28.1 Å². The zero-order chi connectivity index (χ0) is 17.0. The van der Waals surface area contributed by atoms with Crippen LogP contribution in [0.25, 0.3) is 0 Å². The molecule has 2 rings (SSSR count). The van der Waals surface area contributed by atoms with Crippen LogP contribution in [0.3, 0.4) is 0 Å². The Morgan fingerprint density at radius 3 is 2.39 bits per heavy atom. The third kappa shape index (κ3) is 3.74. The van der Waals surface area contributed by atoms with Crippen LogP contribution >= 0.6 is 11.8 Å². The molecule has 7 heteroatoms. The number of sulfonamides is 1. The molecule has 0 saturated heterocycles. The summed E-state index contributed by atoms with van der Waals surface area (Å²) in [5, 5.41) is 0. The van der Waals surface area contributed by atoms with Crippen LogP contribution in [0.4, 0.5) is 0 Å². The van der Waals surface area contributed by atoms with E-state index < -0.39 is 10.0 Å². The van der Waals surface area contributed by atoms with E-state index >= 15 is 0 Å². The van der Waals surface area contributed by atoms with Gasteiger partial charge < -0.3 is 4.74 Å². The second kappa shape index (κ2) is 7.16. The third-order valence-corrected chi connectivity index (χ3v) is 6.27. The van der Waals surface area contributed by atoms with Gasteiger partial charge >= 0.3 is 0 Å². The lowest BCUT2D eigenvalue weighted by molar-refractivity contribution is 0.112. The average molecular weight is 351 g/mol. The molecular weight excluding hydrogens is 334 g/mol. The highest BCUT2D eigenvalue weighted by Crippen LogP contribution is 2.38. The second-order valence-electron chi connectivity index (χ2n) is 4.86. The van der Waals surface area contributed by atoms with Gasteiger partial charge in [-0.15, -0.1) is 0 Å². The molecule has 0 aliphatic rings. The van der Waals surface area contributed by atoms with Crippen LogP contribution in [0.2, 0.25) is 0 Å². The zero-order valence-electron chi connectivity index (χ0n) is 13.0. The van der Waals surface area contributed by atoms with Crippen molar-refractivity contribution in [3.8, 4) is 5.75 Å². The van der Waals surface area contributed by atoms with E-state index in [9.17, 15) is 13.2 Å². The van der Waals surface area contributed by atoms with E-state index in [1.54, 1.807) is 19.2 Å². The van der Waals surface area contributed by atoms with Crippen molar-refractivity contribution in [3.63, 3.8) is 0 Å². The Kier molecular flexibility index (Phi) is 5.46. The average Bonchev–Trinajstić information content (AvgIpc) is 2.55. The number of benzene rings is 2. The van der Waals surface area contributed by atoms with Gasteiger partial charge in [0, 0.05) is 24.6 Å². The number of carbonyl (C=O) groups is 1. The molecule has 0 aliphatic carbocycles. The highest BCUT2D eigenvalue weighted by atomic mass is 32.2. The van der Waals surface area contributed by atoms with Crippen LogP contribution in [0.5, 0.6) is 5.75 Å². The summed E-state index contributed by atoms with van der Waals surface area (Å²) < 4.78 is 31.5. The fraction of sp³-hybridized carbons (Fsp3) is 0.188. The van der Waals surface area contributed by atoms with Crippen molar-refractivity contribution < 1.29 is 17.9 Å². The standard InChI is InChI=1S/C16H17NO4S2/c1-17(2)23(19,20)16-10-12(11-18)8-9-15(16)22-14-7-5-4-6-13(14)21-3/h4-11H,1-3H3. The first-order valence-corrected chi connectivity index (χ1v) is 8.98. The van der Waals surface area contributed by atoms with Crippen molar-refractivity contribution in [3.05, 3.63) is 48.0 Å². The minimum Gasteiger partial charge on any atom is -0.496 e. The Labute approximate surface area is 140 Å². The molecule has 23 heavy (non-hydrogen) atoms. The smallest absolute Gasteiger partial charge is 0.243 e. The Hall–Kier alpha value is -1.83. The van der Waals surface area contributed by atoms with Crippen molar-refractivity contribution in [1.82, 2.24) is 4.31 Å². The molecular formula is C16H17NO4S2. The topological polar surface area (TPSA) is 63.7 Å². The molecule has 0 heterocycles. The van der Waals surface area contributed by atoms with Gasteiger partial charge in [-0.3, -0.25) is 4.79 Å². The number of para-hydroxylation sites is 1. The lowest BCUT2D eigenvalue weighted by Gasteiger charge is -2.16. The zero-order valence-corrected chi connectivity index (χ0v) is 14.6. The lowest BCUT2D eigenvalue weighted by atomic mass is 10.2. The summed E-state index contributed by atoms with van der Waals surface area (Å²) in [6.07, 6.45) is 0.631. The SMILES string of the molecule is COc1ccccc1Sc1ccc(C=O)cc1S(=O)(=O)N(C)C. The van der Waals surface area contributed by atoms with Crippen LogP contribution in [0.15, 0.2) is 57.2 Å². The first kappa shape index (κ1) is 17.5. The lowest BCUT2D eigenvalue weighted by Crippen LogP contribution is -2.23. The summed E-state index contributed by atoms with van der Waals surface area (Å²) in [6.45, 7) is 0. The van der Waals surface area contributed by atoms with E-state index in [1.807, 2.05) is 24.3 Å². The predicted molar refractivity (Wildman–Crippen MR) is 89.8 cm³/mol. The van der Waals surface area contributed by atoms with E-state index in [1.165, 1.54) is 31.9 Å². The fourth-order valence-corrected chi connectivity index (χ4v) is 4.27. The summed E-state index contributed by atoms with van der Waals surface area (Å²) in [5.41, 5.74) is 0.315. The summed E-state index contributed by atoms with van der Waals surface area (Å²) >= 11 is 1.28. The summed E-state index contributed by atoms with van der Waals surface area (Å²) in [6, 6.07) is 12.0. The van der Waals surface area contributed by atoms with Gasteiger partial charge in [0.1, 0.15) is 12.0 Å². The maximum Gasteiger partial charge on any atom is 0.243 e. The minimum atomic E-state index is -3.67. The summed E-state index contributed by atoms with van der Waals surface area (Å²) in [7, 11) is 0.812. The van der Waals surface area contributed by atoms with E-state index in [2.05, 4.69) is 0 Å². The van der Waals surface area contributed by atoms with Gasteiger partial charge in [-0.1, -0.05) is 30.0 Å². The number of nitrogens with zero attached hydrogens (tertiary/aromatic N) is 1. The number of rotatable bonds is 6. The molecule has 0 atom stereocenters. The normalized spacial score (nSPS) is 11.5. The fourth-order valence-electron chi connectivity index (χ4n) is 1.90. The van der Waals surface area contributed by atoms with Gasteiger partial charge in [0.15, 0.2) is 0 Å². The molecule has 0 unspecified atom stereocenters. The van der Waals surface area contributed by atoms with Gasteiger partial charge in [-0.25, -0.2) is 12.7 Å². The molecule has 0 fully saturated rings. The van der Waals surface area contributed by atoms with Gasteiger partial charge in [0.25, 0.3) is 0 Å². The highest BCUT2D eigenvalue weighted by molar-refractivity contribution is 8.00. The van der Waals surface area contributed by atoms with Crippen molar-refractivity contribution in [2.24, 2.45) is 0 Å². The van der Waals surface area contributed by atoms with E-state index in [0.29, 0.717) is 22.5 Å². The number of ether oxygens (including phenoxy) is 1. The molecule has 0 N–H and O–H groups in total. The largest absolute Gasteiger partial charge is 0.496 e. The van der Waals surface area contributed by atoms with Gasteiger partial charge in [0.05, 0.1) is 16.9 Å². The Balaban J connectivity index is 2.57. The number of methoxy groups -OCH3 is 1. The first-order valence-electron chi connectivity index (χ1n) is 6.72. The summed E-state index contributed by atoms with van der Waals surface area (Å²) in [5.74, 6) is 0.658. The molecule has 122 valence electrons. The van der Waals surface area contributed by atoms with E-state index in [4.69, 9.17) is 4.74 Å². The Morgan fingerprint density at radius 2 is 1.78 bits per heavy atom. The number of carbonyl (C=O) groups excluding carboxylic acids is 1. The van der Waals surface area contributed by atoms with Crippen molar-refractivity contribution in [2.75, 3.05) is 21.2 Å². The molecule has 5 nitrogen and oxygen atoms in total. The van der Waals surface area contributed by atoms with E-state index in [0.717, 1.165) is 9.20 Å². The molecule has 0 spiro atoms. The van der Waals surface area contributed by atoms with Gasteiger partial charge in [-0.2, -0.15) is 0 Å². The monoisotopic (exact) mass is 351 g/mol. The van der Waals surface area contributed by atoms with Crippen LogP contribution in [-0.4, -0.2) is 40.2 Å². The molecule has 0 bridgehead atoms. The Morgan fingerprint density at radius 1 is 1.09 bits per heavy atom. The van der Waals surface area contributed by atoms with E-state index in [-0.39, 0.29) is 4.90 Å². The van der Waals surface area contributed by atoms with Crippen molar-refractivity contribution in [1.29, 1.82) is 0 Å². The van der Waals surface area contributed by atoms with Crippen molar-refractivity contribution in [2.45, 2.75) is 14.7 Å². The molecule has 0 saturated carbocycles. The van der Waals surface area contributed by atoms with Gasteiger partial charge in [-0.05, 0) is 24.3 Å². The minimum absolute atomic E-state index is 0.100. The number of hydrogen-bond donors (Lipinski definition) is 0. The third-order valence-electron chi connectivity index (χ3n) is 3.15. The molecule has 0 amide bonds. The molecule has 0 aromatic heterocycles. The predicted octanol–water partition coefficient (Wildman–Crippen LogP) is 2.91. The number of hydrogen-bond acceptors (Lipinski definition) is 5. The molecule has 2 aromatic carbocycles. The van der Waals surface area contributed by atoms with Crippen LogP contribution in [-0.2, 0) is 10.0 Å². The molecule has 0 radical (unpaired) electrons. The summed E-state index contributed by atoms with van der Waals surface area (Å²) in [4.78, 5) is 12.4. The molecule has 0 aliphatic heterocycles. The quantitative estimate of drug-likeness (QED) is 0.749. The maximum atomic E-state index is 12.5. The van der Waals surface area contributed by atoms with Crippen LogP contribution in [0.1, 0.15) is 10.4 Å². The highest BCUT2D eigenvalue weighted by Gasteiger charge is 2.23.